The van der Waals surface area contributed by atoms with Gasteiger partial charge in [-0.1, -0.05) is 36.1 Å². The summed E-state index contributed by atoms with van der Waals surface area (Å²) in [5.41, 5.74) is 0.736. The van der Waals surface area contributed by atoms with Gasteiger partial charge in [0.15, 0.2) is 0 Å². The van der Waals surface area contributed by atoms with E-state index in [1.807, 2.05) is 0 Å². The van der Waals surface area contributed by atoms with E-state index in [0.29, 0.717) is 11.3 Å². The highest BCUT2D eigenvalue weighted by molar-refractivity contribution is 6.30. The van der Waals surface area contributed by atoms with Crippen LogP contribution in [-0.4, -0.2) is 9.78 Å². The third-order valence-electron chi connectivity index (χ3n) is 2.51. The molecule has 2 rings (SSSR count). The van der Waals surface area contributed by atoms with Gasteiger partial charge in [-0.2, -0.15) is 5.10 Å². The molecule has 0 fully saturated rings. The first-order chi connectivity index (χ1) is 9.61. The lowest BCUT2D eigenvalue weighted by molar-refractivity contribution is 0.628. The summed E-state index contributed by atoms with van der Waals surface area (Å²) in [5.74, 6) is 4.83. The third-order valence-corrected chi connectivity index (χ3v) is 2.82. The molecule has 1 heterocycles. The van der Waals surface area contributed by atoms with E-state index in [1.165, 1.54) is 35.0 Å². The molecule has 0 aliphatic heterocycles. The van der Waals surface area contributed by atoms with Crippen molar-refractivity contribution >= 4 is 11.6 Å². The monoisotopic (exact) mass is 288 g/mol. The summed E-state index contributed by atoms with van der Waals surface area (Å²) in [5, 5.41) is 4.18. The van der Waals surface area contributed by atoms with Crippen molar-refractivity contribution in [3.8, 4) is 23.1 Å². The number of allylic oxidation sites excluding steroid dienone is 1. The van der Waals surface area contributed by atoms with Gasteiger partial charge in [-0.25, -0.2) is 9.07 Å². The van der Waals surface area contributed by atoms with Gasteiger partial charge >= 0.3 is 0 Å². The van der Waals surface area contributed by atoms with Crippen LogP contribution >= 0.6 is 11.6 Å². The molecule has 0 saturated carbocycles. The quantitative estimate of drug-likeness (QED) is 0.797. The summed E-state index contributed by atoms with van der Waals surface area (Å²) < 4.78 is 14.6. The van der Waals surface area contributed by atoms with Gasteiger partial charge in [0.1, 0.15) is 12.4 Å². The molecule has 0 saturated heterocycles. The molecule has 2 aromatic rings. The Morgan fingerprint density at radius 2 is 2.20 bits per heavy atom. The number of hydrogen-bond donors (Lipinski definition) is 0. The number of rotatable bonds is 2. The van der Waals surface area contributed by atoms with Crippen molar-refractivity contribution in [1.82, 2.24) is 9.78 Å². The zero-order chi connectivity index (χ0) is 14.5. The highest BCUT2D eigenvalue weighted by Crippen LogP contribution is 2.21. The Kier molecular flexibility index (Phi) is 4.34. The molecule has 3 nitrogen and oxygen atoms in total. The summed E-state index contributed by atoms with van der Waals surface area (Å²) in [4.78, 5) is 11.6. The minimum Gasteiger partial charge on any atom is -0.268 e. The Morgan fingerprint density at radius 1 is 1.40 bits per heavy atom. The van der Waals surface area contributed by atoms with E-state index in [1.54, 1.807) is 6.07 Å². The van der Waals surface area contributed by atoms with Gasteiger partial charge in [-0.15, -0.1) is 0 Å². The molecule has 1 aromatic heterocycles. The Morgan fingerprint density at radius 3 is 2.90 bits per heavy atom. The van der Waals surface area contributed by atoms with Crippen LogP contribution in [0.15, 0.2) is 47.8 Å². The summed E-state index contributed by atoms with van der Waals surface area (Å²) in [6, 6.07) is 7.25. The Balaban J connectivity index is 2.42. The van der Waals surface area contributed by atoms with Crippen LogP contribution in [0.25, 0.3) is 11.3 Å². The Labute approximate surface area is 120 Å². The molecule has 20 heavy (non-hydrogen) atoms. The Bertz CT molecular complexity index is 771. The van der Waals surface area contributed by atoms with Crippen molar-refractivity contribution < 1.29 is 4.39 Å². The van der Waals surface area contributed by atoms with Crippen LogP contribution in [0.2, 0.25) is 5.02 Å². The van der Waals surface area contributed by atoms with Crippen LogP contribution in [0, 0.1) is 17.7 Å². The molecule has 0 amide bonds. The van der Waals surface area contributed by atoms with E-state index < -0.39 is 5.82 Å². The molecular weight excluding hydrogens is 279 g/mol. The predicted octanol–water partition coefficient (Wildman–Crippen LogP) is 2.89. The smallest absolute Gasteiger partial charge is 0.267 e. The first-order valence-electron chi connectivity index (χ1n) is 5.74. The topological polar surface area (TPSA) is 34.9 Å². The number of halogens is 2. The largest absolute Gasteiger partial charge is 0.268 e. The second-order valence-corrected chi connectivity index (χ2v) is 4.28. The standard InChI is InChI=1S/C15H10ClFN2O/c1-2-3-4-9-19-15(20)8-7-14(18-19)11-5-6-12(16)13(17)10-11/h2,5-8,10H,1,9H2. The van der Waals surface area contributed by atoms with Gasteiger partial charge in [-0.3, -0.25) is 4.79 Å². The van der Waals surface area contributed by atoms with Gasteiger partial charge in [-0.05, 0) is 24.3 Å². The van der Waals surface area contributed by atoms with E-state index in [9.17, 15) is 9.18 Å². The van der Waals surface area contributed by atoms with Crippen molar-refractivity contribution in [2.75, 3.05) is 0 Å². The van der Waals surface area contributed by atoms with Crippen LogP contribution in [-0.2, 0) is 6.54 Å². The summed E-state index contributed by atoms with van der Waals surface area (Å²) in [6.07, 6.45) is 1.43. The minimum absolute atomic E-state index is 0.0407. The molecule has 0 unspecified atom stereocenters. The molecule has 0 aliphatic carbocycles. The minimum atomic E-state index is -0.532. The third kappa shape index (κ3) is 3.14. The fourth-order valence-corrected chi connectivity index (χ4v) is 1.68. The fraction of sp³-hybridized carbons (Fsp3) is 0.0667. The molecule has 0 N–H and O–H groups in total. The fourth-order valence-electron chi connectivity index (χ4n) is 1.56. The summed E-state index contributed by atoms with van der Waals surface area (Å²) >= 11 is 5.63. The van der Waals surface area contributed by atoms with Crippen molar-refractivity contribution in [3.05, 3.63) is 64.2 Å². The van der Waals surface area contributed by atoms with Gasteiger partial charge in [0, 0.05) is 11.6 Å². The lowest BCUT2D eigenvalue weighted by atomic mass is 10.1. The number of nitrogens with zero attached hydrogens (tertiary/aromatic N) is 2. The molecule has 0 bridgehead atoms. The molecule has 1 aromatic carbocycles. The second kappa shape index (κ2) is 6.18. The van der Waals surface area contributed by atoms with Gasteiger partial charge in [0.05, 0.1) is 10.7 Å². The van der Waals surface area contributed by atoms with Gasteiger partial charge < -0.3 is 0 Å². The average Bonchev–Trinajstić information content (AvgIpc) is 2.44. The van der Waals surface area contributed by atoms with Crippen LogP contribution < -0.4 is 5.56 Å². The van der Waals surface area contributed by atoms with E-state index >= 15 is 0 Å². The van der Waals surface area contributed by atoms with Crippen molar-refractivity contribution in [2.24, 2.45) is 0 Å². The van der Waals surface area contributed by atoms with E-state index in [0.717, 1.165) is 0 Å². The molecule has 0 radical (unpaired) electrons. The SMILES string of the molecule is C=CC#CCn1nc(-c2ccc(Cl)c(F)c2)ccc1=O. The number of hydrogen-bond acceptors (Lipinski definition) is 2. The lowest BCUT2D eigenvalue weighted by Crippen LogP contribution is -2.21. The first-order valence-corrected chi connectivity index (χ1v) is 6.12. The zero-order valence-electron chi connectivity index (χ0n) is 10.4. The lowest BCUT2D eigenvalue weighted by Gasteiger charge is -2.05. The van der Waals surface area contributed by atoms with Gasteiger partial charge in [0.25, 0.3) is 5.56 Å². The van der Waals surface area contributed by atoms with Gasteiger partial charge in [0.2, 0.25) is 0 Å². The Hall–Kier alpha value is -2.38. The maximum Gasteiger partial charge on any atom is 0.267 e. The van der Waals surface area contributed by atoms with Crippen LogP contribution in [0.1, 0.15) is 0 Å². The summed E-state index contributed by atoms with van der Waals surface area (Å²) in [6.45, 7) is 3.61. The van der Waals surface area contributed by atoms with Crippen molar-refractivity contribution in [3.63, 3.8) is 0 Å². The first kappa shape index (κ1) is 14.0. The second-order valence-electron chi connectivity index (χ2n) is 3.87. The summed E-state index contributed by atoms with van der Waals surface area (Å²) in [7, 11) is 0. The number of aromatic nitrogens is 2. The molecule has 0 aliphatic rings. The van der Waals surface area contributed by atoms with E-state index in [2.05, 4.69) is 23.5 Å². The van der Waals surface area contributed by atoms with E-state index in [-0.39, 0.29) is 17.1 Å². The van der Waals surface area contributed by atoms with Crippen LogP contribution in [0.3, 0.4) is 0 Å². The molecule has 100 valence electrons. The maximum atomic E-state index is 13.4. The predicted molar refractivity (Wildman–Crippen MR) is 76.9 cm³/mol. The molecule has 0 spiro atoms. The molecule has 5 heteroatoms. The highest BCUT2D eigenvalue weighted by Gasteiger charge is 2.06. The van der Waals surface area contributed by atoms with Crippen molar-refractivity contribution in [1.29, 1.82) is 0 Å². The normalized spacial score (nSPS) is 9.70. The number of benzene rings is 1. The van der Waals surface area contributed by atoms with Crippen LogP contribution in [0.4, 0.5) is 4.39 Å². The van der Waals surface area contributed by atoms with Crippen molar-refractivity contribution in [2.45, 2.75) is 6.54 Å². The molecular formula is C15H10ClFN2O. The average molecular weight is 289 g/mol. The maximum absolute atomic E-state index is 13.4. The molecule has 0 atom stereocenters. The van der Waals surface area contributed by atoms with E-state index in [4.69, 9.17) is 11.6 Å². The highest BCUT2D eigenvalue weighted by atomic mass is 35.5. The van der Waals surface area contributed by atoms with Crippen LogP contribution in [0.5, 0.6) is 0 Å². The zero-order valence-corrected chi connectivity index (χ0v) is 11.2.